The average molecular weight is 399 g/mol. The van der Waals surface area contributed by atoms with Gasteiger partial charge in [0.1, 0.15) is 6.10 Å². The van der Waals surface area contributed by atoms with Crippen LogP contribution in [0.1, 0.15) is 44.6 Å². The molecule has 0 aromatic heterocycles. The van der Waals surface area contributed by atoms with Crippen LogP contribution in [0.5, 0.6) is 0 Å². The summed E-state index contributed by atoms with van der Waals surface area (Å²) in [4.78, 5) is 5.44. The second-order valence-electron chi connectivity index (χ2n) is 5.78. The van der Waals surface area contributed by atoms with Crippen LogP contribution in [0.2, 0.25) is 5.02 Å². The summed E-state index contributed by atoms with van der Waals surface area (Å²) in [5, 5.41) is 4.19. The van der Waals surface area contributed by atoms with E-state index in [0.29, 0.717) is 0 Å². The second kappa shape index (κ2) is 7.82. The Kier molecular flexibility index (Phi) is 6.21. The third-order valence-electron chi connectivity index (χ3n) is 3.81. The van der Waals surface area contributed by atoms with E-state index in [9.17, 15) is 21.6 Å². The fourth-order valence-corrected chi connectivity index (χ4v) is 3.24. The molecule has 25 heavy (non-hydrogen) atoms. The molecule has 1 aromatic rings. The van der Waals surface area contributed by atoms with E-state index in [4.69, 9.17) is 16.4 Å². The van der Waals surface area contributed by atoms with Crippen LogP contribution in [0.15, 0.2) is 23.4 Å². The molecule has 0 heterocycles. The molecule has 0 radical (unpaired) electrons. The first-order chi connectivity index (χ1) is 11.6. The number of anilines is 1. The SMILES string of the molecule is C/C(=N\OC1CCCCC1)c1cc(Cl)ccc1NS(=O)(=O)C(F)(F)F. The van der Waals surface area contributed by atoms with Crippen molar-refractivity contribution in [3.8, 4) is 0 Å². The van der Waals surface area contributed by atoms with Crippen molar-refractivity contribution in [1.82, 2.24) is 0 Å². The molecular formula is C15H18ClF3N2O3S. The van der Waals surface area contributed by atoms with Gasteiger partial charge in [-0.15, -0.1) is 0 Å². The highest BCUT2D eigenvalue weighted by Crippen LogP contribution is 2.29. The predicted octanol–water partition coefficient (Wildman–Crippen LogP) is 4.67. The minimum atomic E-state index is -5.54. The number of hydrogen-bond acceptors (Lipinski definition) is 4. The molecule has 0 aliphatic heterocycles. The van der Waals surface area contributed by atoms with Gasteiger partial charge in [-0.3, -0.25) is 4.72 Å². The first-order valence-corrected chi connectivity index (χ1v) is 9.56. The van der Waals surface area contributed by atoms with E-state index in [1.165, 1.54) is 23.8 Å². The monoisotopic (exact) mass is 398 g/mol. The summed E-state index contributed by atoms with van der Waals surface area (Å²) in [6.45, 7) is 1.51. The molecule has 1 fully saturated rings. The number of hydrogen-bond donors (Lipinski definition) is 1. The number of halogens is 4. The molecule has 5 nitrogen and oxygen atoms in total. The quantitative estimate of drug-likeness (QED) is 0.578. The zero-order valence-electron chi connectivity index (χ0n) is 13.4. The average Bonchev–Trinajstić information content (AvgIpc) is 2.54. The van der Waals surface area contributed by atoms with Crippen LogP contribution in [0.4, 0.5) is 18.9 Å². The number of rotatable bonds is 5. The molecular weight excluding hydrogens is 381 g/mol. The molecule has 1 saturated carbocycles. The van der Waals surface area contributed by atoms with Gasteiger partial charge >= 0.3 is 15.5 Å². The molecule has 1 aliphatic carbocycles. The van der Waals surface area contributed by atoms with Crippen LogP contribution in [0, 0.1) is 0 Å². The van der Waals surface area contributed by atoms with Gasteiger partial charge in [-0.1, -0.05) is 23.2 Å². The van der Waals surface area contributed by atoms with Gasteiger partial charge in [-0.2, -0.15) is 21.6 Å². The van der Waals surface area contributed by atoms with Crippen LogP contribution in [-0.2, 0) is 14.9 Å². The molecule has 1 N–H and O–H groups in total. The van der Waals surface area contributed by atoms with E-state index in [2.05, 4.69) is 5.16 Å². The largest absolute Gasteiger partial charge is 0.516 e. The van der Waals surface area contributed by atoms with Crippen LogP contribution < -0.4 is 4.72 Å². The maximum absolute atomic E-state index is 12.6. The molecule has 0 saturated heterocycles. The lowest BCUT2D eigenvalue weighted by Gasteiger charge is -2.20. The van der Waals surface area contributed by atoms with Gasteiger partial charge in [0.25, 0.3) is 0 Å². The molecule has 0 atom stereocenters. The Bertz CT molecular complexity index is 745. The summed E-state index contributed by atoms with van der Waals surface area (Å²) < 4.78 is 62.0. The molecule has 0 bridgehead atoms. The van der Waals surface area contributed by atoms with Gasteiger partial charge in [0, 0.05) is 10.6 Å². The van der Waals surface area contributed by atoms with Gasteiger partial charge in [0.15, 0.2) is 0 Å². The van der Waals surface area contributed by atoms with Crippen molar-refractivity contribution in [2.24, 2.45) is 5.16 Å². The Hall–Kier alpha value is -1.48. The number of oxime groups is 1. The molecule has 2 rings (SSSR count). The third-order valence-corrected chi connectivity index (χ3v) is 5.14. The van der Waals surface area contributed by atoms with Crippen LogP contribution in [-0.4, -0.2) is 25.7 Å². The standard InChI is InChI=1S/C15H18ClF3N2O3S/c1-10(20-24-12-5-3-2-4-6-12)13-9-11(16)7-8-14(13)21-25(22,23)15(17,18)19/h7-9,12,21H,2-6H2,1H3/b20-10+. The summed E-state index contributed by atoms with van der Waals surface area (Å²) >= 11 is 5.88. The van der Waals surface area contributed by atoms with E-state index < -0.39 is 15.5 Å². The Labute approximate surface area is 149 Å². The smallest absolute Gasteiger partial charge is 0.392 e. The fourth-order valence-electron chi connectivity index (χ4n) is 2.48. The zero-order chi connectivity index (χ0) is 18.7. The second-order valence-corrected chi connectivity index (χ2v) is 7.89. The van der Waals surface area contributed by atoms with E-state index in [0.717, 1.165) is 38.2 Å². The number of nitrogens with one attached hydrogen (secondary N) is 1. The highest BCUT2D eigenvalue weighted by Gasteiger charge is 2.46. The van der Waals surface area contributed by atoms with Crippen LogP contribution in [0.3, 0.4) is 0 Å². The van der Waals surface area contributed by atoms with Crippen molar-refractivity contribution in [2.75, 3.05) is 4.72 Å². The van der Waals surface area contributed by atoms with Crippen molar-refractivity contribution in [2.45, 2.75) is 50.6 Å². The maximum Gasteiger partial charge on any atom is 0.516 e. The fraction of sp³-hybridized carbons (Fsp3) is 0.533. The van der Waals surface area contributed by atoms with E-state index in [1.807, 2.05) is 0 Å². The summed E-state index contributed by atoms with van der Waals surface area (Å²) in [5.74, 6) is 0. The first kappa shape index (κ1) is 19.8. The minimum Gasteiger partial charge on any atom is -0.392 e. The van der Waals surface area contributed by atoms with Crippen molar-refractivity contribution >= 4 is 33.0 Å². The number of sulfonamides is 1. The molecule has 0 amide bonds. The van der Waals surface area contributed by atoms with E-state index in [1.54, 1.807) is 0 Å². The highest BCUT2D eigenvalue weighted by molar-refractivity contribution is 7.93. The molecule has 0 spiro atoms. The first-order valence-electron chi connectivity index (χ1n) is 7.69. The lowest BCUT2D eigenvalue weighted by Crippen LogP contribution is -2.30. The summed E-state index contributed by atoms with van der Waals surface area (Å²) in [6.07, 6.45) is 4.89. The van der Waals surface area contributed by atoms with Crippen LogP contribution >= 0.6 is 11.6 Å². The van der Waals surface area contributed by atoms with E-state index in [-0.39, 0.29) is 28.1 Å². The summed E-state index contributed by atoms with van der Waals surface area (Å²) in [5.41, 5.74) is -5.34. The highest BCUT2D eigenvalue weighted by atomic mass is 35.5. The molecule has 10 heteroatoms. The third kappa shape index (κ3) is 5.24. The van der Waals surface area contributed by atoms with Crippen LogP contribution in [0.25, 0.3) is 0 Å². The summed E-state index contributed by atoms with van der Waals surface area (Å²) in [6, 6.07) is 3.77. The summed E-state index contributed by atoms with van der Waals surface area (Å²) in [7, 11) is -5.54. The molecule has 0 unspecified atom stereocenters. The minimum absolute atomic E-state index is 0.0433. The van der Waals surface area contributed by atoms with Gasteiger partial charge in [0.2, 0.25) is 0 Å². The predicted molar refractivity (Wildman–Crippen MR) is 90.2 cm³/mol. The lowest BCUT2D eigenvalue weighted by atomic mass is 9.98. The Morgan fingerprint density at radius 2 is 1.92 bits per heavy atom. The number of benzene rings is 1. The van der Waals surface area contributed by atoms with Gasteiger partial charge in [-0.05, 0) is 50.8 Å². The lowest BCUT2D eigenvalue weighted by molar-refractivity contribution is -0.0429. The normalized spacial score (nSPS) is 17.4. The Balaban J connectivity index is 2.25. The van der Waals surface area contributed by atoms with Crippen molar-refractivity contribution in [3.05, 3.63) is 28.8 Å². The van der Waals surface area contributed by atoms with E-state index >= 15 is 0 Å². The topological polar surface area (TPSA) is 67.8 Å². The van der Waals surface area contributed by atoms with Gasteiger partial charge in [-0.25, -0.2) is 0 Å². The van der Waals surface area contributed by atoms with Crippen molar-refractivity contribution < 1.29 is 26.4 Å². The molecule has 1 aromatic carbocycles. The molecule has 140 valence electrons. The van der Waals surface area contributed by atoms with Gasteiger partial charge in [0.05, 0.1) is 11.4 Å². The molecule has 1 aliphatic rings. The zero-order valence-corrected chi connectivity index (χ0v) is 15.0. The Morgan fingerprint density at radius 3 is 2.52 bits per heavy atom. The van der Waals surface area contributed by atoms with Crippen molar-refractivity contribution in [3.63, 3.8) is 0 Å². The number of alkyl halides is 3. The Morgan fingerprint density at radius 1 is 1.28 bits per heavy atom. The number of nitrogens with zero attached hydrogens (tertiary/aromatic N) is 1. The maximum atomic E-state index is 12.6. The van der Waals surface area contributed by atoms with Crippen molar-refractivity contribution in [1.29, 1.82) is 0 Å². The van der Waals surface area contributed by atoms with Gasteiger partial charge < -0.3 is 4.84 Å².